The van der Waals surface area contributed by atoms with E-state index in [-0.39, 0.29) is 0 Å². The molecule has 12 heavy (non-hydrogen) atoms. The molecule has 0 spiro atoms. The minimum absolute atomic E-state index is 0.352. The van der Waals surface area contributed by atoms with Gasteiger partial charge in [-0.1, -0.05) is 25.8 Å². The predicted octanol–water partition coefficient (Wildman–Crippen LogP) is 2.44. The third kappa shape index (κ3) is 2.59. The summed E-state index contributed by atoms with van der Waals surface area (Å²) in [7, 11) is 0. The maximum absolute atomic E-state index is 5.46. The van der Waals surface area contributed by atoms with Crippen molar-refractivity contribution in [3.63, 3.8) is 0 Å². The largest absolute Gasteiger partial charge is 0.271 e. The van der Waals surface area contributed by atoms with Gasteiger partial charge in [0.15, 0.2) is 0 Å². The molecule has 1 heterocycles. The Hall–Kier alpha value is -0.380. The molecule has 1 aromatic rings. The molecule has 2 nitrogen and oxygen atoms in total. The van der Waals surface area contributed by atoms with Crippen LogP contribution < -0.4 is 11.3 Å². The molecule has 0 bridgehead atoms. The molecule has 1 unspecified atom stereocenters. The molecule has 1 rings (SSSR count). The van der Waals surface area contributed by atoms with Crippen molar-refractivity contribution < 1.29 is 0 Å². The van der Waals surface area contributed by atoms with Crippen molar-refractivity contribution in [1.82, 2.24) is 5.43 Å². The molecule has 0 saturated carbocycles. The lowest BCUT2D eigenvalue weighted by molar-refractivity contribution is 0.502. The normalized spacial score (nSPS) is 13.2. The van der Waals surface area contributed by atoms with Crippen LogP contribution in [0.15, 0.2) is 17.5 Å². The third-order valence-electron chi connectivity index (χ3n) is 1.93. The maximum atomic E-state index is 5.46. The van der Waals surface area contributed by atoms with Crippen LogP contribution in [0.1, 0.15) is 37.1 Å². The van der Waals surface area contributed by atoms with Crippen LogP contribution in [0.3, 0.4) is 0 Å². The molecule has 3 heteroatoms. The molecule has 3 N–H and O–H groups in total. The zero-order chi connectivity index (χ0) is 8.81. The molecular weight excluding hydrogens is 168 g/mol. The van der Waals surface area contributed by atoms with Gasteiger partial charge < -0.3 is 0 Å². The van der Waals surface area contributed by atoms with Gasteiger partial charge in [-0.25, -0.2) is 0 Å². The van der Waals surface area contributed by atoms with Gasteiger partial charge in [0.25, 0.3) is 0 Å². The molecule has 0 aliphatic carbocycles. The van der Waals surface area contributed by atoms with Crippen LogP contribution in [0.4, 0.5) is 0 Å². The van der Waals surface area contributed by atoms with Gasteiger partial charge in [0.2, 0.25) is 0 Å². The van der Waals surface area contributed by atoms with Gasteiger partial charge in [-0.05, 0) is 17.9 Å². The highest BCUT2D eigenvalue weighted by Gasteiger charge is 2.08. The van der Waals surface area contributed by atoms with E-state index < -0.39 is 0 Å². The average molecular weight is 184 g/mol. The summed E-state index contributed by atoms with van der Waals surface area (Å²) in [5.74, 6) is 5.46. The van der Waals surface area contributed by atoms with Gasteiger partial charge in [0.1, 0.15) is 0 Å². The summed E-state index contributed by atoms with van der Waals surface area (Å²) in [5, 5.41) is 2.09. The minimum atomic E-state index is 0.352. The summed E-state index contributed by atoms with van der Waals surface area (Å²) < 4.78 is 0. The lowest BCUT2D eigenvalue weighted by atomic mass is 10.1. The first-order chi connectivity index (χ1) is 5.88. The third-order valence-corrected chi connectivity index (χ3v) is 2.92. The summed E-state index contributed by atoms with van der Waals surface area (Å²) in [6.07, 6.45) is 3.59. The van der Waals surface area contributed by atoms with Gasteiger partial charge in [-0.15, -0.1) is 11.3 Å². The number of thiophene rings is 1. The Morgan fingerprint density at radius 3 is 3.00 bits per heavy atom. The Labute approximate surface area is 77.8 Å². The molecule has 68 valence electrons. The van der Waals surface area contributed by atoms with Gasteiger partial charge in [-0.2, -0.15) is 0 Å². The fraction of sp³-hybridized carbons (Fsp3) is 0.556. The summed E-state index contributed by atoms with van der Waals surface area (Å²) >= 11 is 1.76. The highest BCUT2D eigenvalue weighted by molar-refractivity contribution is 7.10. The second-order valence-electron chi connectivity index (χ2n) is 2.88. The number of nitrogens with two attached hydrogens (primary N) is 1. The first-order valence-corrected chi connectivity index (χ1v) is 5.26. The van der Waals surface area contributed by atoms with Crippen LogP contribution in [-0.4, -0.2) is 0 Å². The second kappa shape index (κ2) is 5.30. The molecule has 0 fully saturated rings. The van der Waals surface area contributed by atoms with Gasteiger partial charge in [0, 0.05) is 4.88 Å². The summed E-state index contributed by atoms with van der Waals surface area (Å²) in [6.45, 7) is 2.20. The quantitative estimate of drug-likeness (QED) is 0.545. The lowest BCUT2D eigenvalue weighted by Gasteiger charge is -2.12. The highest BCUT2D eigenvalue weighted by Crippen LogP contribution is 2.22. The first kappa shape index (κ1) is 9.71. The number of unbranched alkanes of at least 4 members (excludes halogenated alkanes) is 1. The summed E-state index contributed by atoms with van der Waals surface area (Å²) in [4.78, 5) is 1.34. The van der Waals surface area contributed by atoms with Crippen LogP contribution in [0.2, 0.25) is 0 Å². The number of hydrazine groups is 1. The molecule has 1 aromatic heterocycles. The Morgan fingerprint density at radius 2 is 2.50 bits per heavy atom. The molecule has 0 aliphatic heterocycles. The number of rotatable bonds is 5. The van der Waals surface area contributed by atoms with E-state index in [1.54, 1.807) is 11.3 Å². The van der Waals surface area contributed by atoms with Crippen molar-refractivity contribution >= 4 is 11.3 Å². The smallest absolute Gasteiger partial charge is 0.0553 e. The molecular formula is C9H16N2S. The number of hydrogen-bond donors (Lipinski definition) is 2. The molecule has 0 amide bonds. The second-order valence-corrected chi connectivity index (χ2v) is 3.86. The SMILES string of the molecule is CCCCC(NN)c1cccs1. The van der Waals surface area contributed by atoms with E-state index in [1.807, 2.05) is 0 Å². The standard InChI is InChI=1S/C9H16N2S/c1-2-3-5-8(11-10)9-6-4-7-12-9/h4,6-8,11H,2-3,5,10H2,1H3. The number of hydrogen-bond acceptors (Lipinski definition) is 3. The molecule has 0 radical (unpaired) electrons. The summed E-state index contributed by atoms with van der Waals surface area (Å²) in [6, 6.07) is 4.55. The van der Waals surface area contributed by atoms with Crippen molar-refractivity contribution in [2.75, 3.05) is 0 Å². The van der Waals surface area contributed by atoms with E-state index in [0.29, 0.717) is 6.04 Å². The van der Waals surface area contributed by atoms with E-state index in [9.17, 15) is 0 Å². The maximum Gasteiger partial charge on any atom is 0.0553 e. The molecule has 0 aromatic carbocycles. The van der Waals surface area contributed by atoms with E-state index in [1.165, 1.54) is 17.7 Å². The Bertz CT molecular complexity index is 196. The van der Waals surface area contributed by atoms with Crippen molar-refractivity contribution in [3.8, 4) is 0 Å². The van der Waals surface area contributed by atoms with Crippen molar-refractivity contribution in [3.05, 3.63) is 22.4 Å². The average Bonchev–Trinajstić information content (AvgIpc) is 2.59. The minimum Gasteiger partial charge on any atom is -0.271 e. The first-order valence-electron chi connectivity index (χ1n) is 4.38. The zero-order valence-corrected chi connectivity index (χ0v) is 8.23. The van der Waals surface area contributed by atoms with Crippen molar-refractivity contribution in [2.24, 2.45) is 5.84 Å². The fourth-order valence-corrected chi connectivity index (χ4v) is 2.03. The Morgan fingerprint density at radius 1 is 1.67 bits per heavy atom. The molecule has 0 saturated heterocycles. The van der Waals surface area contributed by atoms with E-state index in [2.05, 4.69) is 29.9 Å². The Balaban J connectivity index is 2.45. The van der Waals surface area contributed by atoms with Crippen LogP contribution in [-0.2, 0) is 0 Å². The van der Waals surface area contributed by atoms with Gasteiger partial charge in [0.05, 0.1) is 6.04 Å². The fourth-order valence-electron chi connectivity index (χ4n) is 1.21. The molecule has 0 aliphatic rings. The van der Waals surface area contributed by atoms with E-state index >= 15 is 0 Å². The van der Waals surface area contributed by atoms with Crippen LogP contribution in [0.5, 0.6) is 0 Å². The predicted molar refractivity (Wildman–Crippen MR) is 53.9 cm³/mol. The van der Waals surface area contributed by atoms with Crippen molar-refractivity contribution in [1.29, 1.82) is 0 Å². The zero-order valence-electron chi connectivity index (χ0n) is 7.42. The number of nitrogens with one attached hydrogen (secondary N) is 1. The van der Waals surface area contributed by atoms with Crippen LogP contribution >= 0.6 is 11.3 Å². The highest BCUT2D eigenvalue weighted by atomic mass is 32.1. The van der Waals surface area contributed by atoms with Gasteiger partial charge in [-0.3, -0.25) is 11.3 Å². The van der Waals surface area contributed by atoms with E-state index in [0.717, 1.165) is 6.42 Å². The summed E-state index contributed by atoms with van der Waals surface area (Å²) in [5.41, 5.74) is 2.85. The van der Waals surface area contributed by atoms with Crippen LogP contribution in [0.25, 0.3) is 0 Å². The van der Waals surface area contributed by atoms with E-state index in [4.69, 9.17) is 5.84 Å². The topological polar surface area (TPSA) is 38.0 Å². The molecule has 1 atom stereocenters. The monoisotopic (exact) mass is 184 g/mol. The van der Waals surface area contributed by atoms with Gasteiger partial charge >= 0.3 is 0 Å². The lowest BCUT2D eigenvalue weighted by Crippen LogP contribution is -2.27. The van der Waals surface area contributed by atoms with Crippen LogP contribution in [0, 0.1) is 0 Å². The Kier molecular flexibility index (Phi) is 4.29. The van der Waals surface area contributed by atoms with Crippen molar-refractivity contribution in [2.45, 2.75) is 32.2 Å².